The first-order chi connectivity index (χ1) is 10.5. The molecule has 0 aliphatic heterocycles. The molecule has 1 aromatic rings. The molecule has 0 amide bonds. The van der Waals surface area contributed by atoms with Crippen molar-refractivity contribution in [1.29, 1.82) is 5.26 Å². The molecule has 0 aliphatic carbocycles. The van der Waals surface area contributed by atoms with Crippen molar-refractivity contribution in [3.05, 3.63) is 11.1 Å². The first-order valence-corrected chi connectivity index (χ1v) is 7.83. The summed E-state index contributed by atoms with van der Waals surface area (Å²) in [4.78, 5) is 12.2. The third-order valence-electron chi connectivity index (χ3n) is 2.89. The molecule has 120 valence electrons. The second kappa shape index (κ2) is 9.57. The van der Waals surface area contributed by atoms with Crippen LogP contribution in [0.2, 0.25) is 0 Å². The zero-order valence-corrected chi connectivity index (χ0v) is 13.7. The molecule has 0 saturated heterocycles. The largest absolute Gasteiger partial charge is 0.370 e. The molecule has 6 N–H and O–H groups in total. The van der Waals surface area contributed by atoms with E-state index in [2.05, 4.69) is 32.5 Å². The number of nitriles is 1. The molecular weight excluding hydrogens is 300 g/mol. The predicted molar refractivity (Wildman–Crippen MR) is 89.8 cm³/mol. The van der Waals surface area contributed by atoms with Gasteiger partial charge in [-0.25, -0.2) is 4.98 Å². The Bertz CT molecular complexity index is 553. The molecule has 0 aromatic carbocycles. The summed E-state index contributed by atoms with van der Waals surface area (Å²) in [6, 6.07) is 0. The van der Waals surface area contributed by atoms with Crippen LogP contribution in [0.1, 0.15) is 25.5 Å². The monoisotopic (exact) mass is 322 g/mol. The van der Waals surface area contributed by atoms with Gasteiger partial charge in [-0.3, -0.25) is 10.3 Å². The number of hydrogen-bond donors (Lipinski definition) is 4. The van der Waals surface area contributed by atoms with E-state index in [4.69, 9.17) is 16.7 Å². The van der Waals surface area contributed by atoms with Gasteiger partial charge in [0.15, 0.2) is 12.2 Å². The Morgan fingerprint density at radius 2 is 2.32 bits per heavy atom. The summed E-state index contributed by atoms with van der Waals surface area (Å²) in [6.07, 6.45) is 4.76. The summed E-state index contributed by atoms with van der Waals surface area (Å²) in [7, 11) is 1.63. The molecule has 0 bridgehead atoms. The first kappa shape index (κ1) is 17.7. The average Bonchev–Trinajstić information content (AvgIpc) is 2.88. The van der Waals surface area contributed by atoms with Crippen LogP contribution < -0.4 is 22.1 Å². The summed E-state index contributed by atoms with van der Waals surface area (Å²) in [6.45, 7) is 2.95. The SMILES string of the molecule is CN=C(NC#N)NCCCC(C)Cc1csc(N=C(N)N)n1. The molecule has 1 heterocycles. The highest BCUT2D eigenvalue weighted by Gasteiger charge is 2.08. The maximum absolute atomic E-state index is 8.52. The summed E-state index contributed by atoms with van der Waals surface area (Å²) < 4.78 is 0. The molecule has 0 fully saturated rings. The minimum atomic E-state index is 0.0272. The molecule has 0 aliphatic rings. The highest BCUT2D eigenvalue weighted by atomic mass is 32.1. The molecule has 9 heteroatoms. The van der Waals surface area contributed by atoms with Gasteiger partial charge in [0.25, 0.3) is 0 Å². The van der Waals surface area contributed by atoms with Crippen LogP contribution in [0.25, 0.3) is 0 Å². The van der Waals surface area contributed by atoms with Gasteiger partial charge >= 0.3 is 0 Å². The topological polar surface area (TPSA) is 138 Å². The van der Waals surface area contributed by atoms with Gasteiger partial charge in [-0.05, 0) is 25.2 Å². The summed E-state index contributed by atoms with van der Waals surface area (Å²) >= 11 is 1.43. The van der Waals surface area contributed by atoms with Crippen molar-refractivity contribution in [3.8, 4) is 6.19 Å². The first-order valence-electron chi connectivity index (χ1n) is 6.95. The number of nitrogens with zero attached hydrogens (tertiary/aromatic N) is 4. The van der Waals surface area contributed by atoms with Gasteiger partial charge in [-0.15, -0.1) is 11.3 Å². The van der Waals surface area contributed by atoms with E-state index in [1.807, 2.05) is 11.6 Å². The summed E-state index contributed by atoms with van der Waals surface area (Å²) in [5, 5.41) is 16.6. The summed E-state index contributed by atoms with van der Waals surface area (Å²) in [5.74, 6) is 1.03. The quantitative estimate of drug-likeness (QED) is 0.191. The Hall–Kier alpha value is -2.34. The zero-order chi connectivity index (χ0) is 16.4. The van der Waals surface area contributed by atoms with E-state index in [1.165, 1.54) is 11.3 Å². The lowest BCUT2D eigenvalue weighted by Gasteiger charge is -2.11. The number of nitrogens with two attached hydrogens (primary N) is 2. The van der Waals surface area contributed by atoms with Crippen molar-refractivity contribution in [2.75, 3.05) is 13.6 Å². The molecule has 1 aromatic heterocycles. The van der Waals surface area contributed by atoms with Crippen molar-refractivity contribution in [2.45, 2.75) is 26.2 Å². The molecule has 0 spiro atoms. The van der Waals surface area contributed by atoms with E-state index in [1.54, 1.807) is 7.05 Å². The minimum Gasteiger partial charge on any atom is -0.370 e. The Balaban J connectivity index is 2.29. The number of rotatable bonds is 7. The second-order valence-corrected chi connectivity index (χ2v) is 5.68. The van der Waals surface area contributed by atoms with Gasteiger partial charge in [0.1, 0.15) is 0 Å². The fourth-order valence-corrected chi connectivity index (χ4v) is 2.62. The molecular formula is C13H22N8S. The lowest BCUT2D eigenvalue weighted by atomic mass is 10.0. The Morgan fingerprint density at radius 1 is 1.55 bits per heavy atom. The van der Waals surface area contributed by atoms with Crippen LogP contribution in [0, 0.1) is 17.4 Å². The van der Waals surface area contributed by atoms with Crippen LogP contribution in [0.4, 0.5) is 5.13 Å². The third kappa shape index (κ3) is 6.90. The maximum atomic E-state index is 8.52. The van der Waals surface area contributed by atoms with Crippen molar-refractivity contribution in [1.82, 2.24) is 15.6 Å². The molecule has 8 nitrogen and oxygen atoms in total. The van der Waals surface area contributed by atoms with Crippen LogP contribution in [-0.2, 0) is 6.42 Å². The lowest BCUT2D eigenvalue weighted by Crippen LogP contribution is -2.35. The average molecular weight is 322 g/mol. The standard InChI is InChI=1S/C13H22N8S/c1-9(4-3-5-18-12(17-2)19-8-14)6-10-7-22-13(20-10)21-11(15)16/h7,9H,3-6H2,1-2H3,(H2,17,18,19)(H4,15,16,20,21). The fourth-order valence-electron chi connectivity index (χ4n) is 1.90. The maximum Gasteiger partial charge on any atom is 0.212 e. The predicted octanol–water partition coefficient (Wildman–Crippen LogP) is 0.653. The minimum absolute atomic E-state index is 0.0272. The van der Waals surface area contributed by atoms with Crippen molar-refractivity contribution in [2.24, 2.45) is 27.4 Å². The molecule has 1 unspecified atom stereocenters. The highest BCUT2D eigenvalue weighted by Crippen LogP contribution is 2.21. The van der Waals surface area contributed by atoms with Crippen LogP contribution in [0.5, 0.6) is 0 Å². The third-order valence-corrected chi connectivity index (χ3v) is 3.67. The Kier molecular flexibility index (Phi) is 7.70. The number of guanidine groups is 2. The Labute approximate surface area is 134 Å². The van der Waals surface area contributed by atoms with Crippen molar-refractivity contribution in [3.63, 3.8) is 0 Å². The summed E-state index contributed by atoms with van der Waals surface area (Å²) in [5.41, 5.74) is 11.7. The molecule has 22 heavy (non-hydrogen) atoms. The van der Waals surface area contributed by atoms with E-state index in [0.29, 0.717) is 17.0 Å². The van der Waals surface area contributed by atoms with E-state index >= 15 is 0 Å². The number of thiazole rings is 1. The van der Waals surface area contributed by atoms with Crippen LogP contribution >= 0.6 is 11.3 Å². The fraction of sp³-hybridized carbons (Fsp3) is 0.538. The van der Waals surface area contributed by atoms with Crippen LogP contribution in [-0.4, -0.2) is 30.5 Å². The van der Waals surface area contributed by atoms with E-state index in [0.717, 1.165) is 31.5 Å². The zero-order valence-electron chi connectivity index (χ0n) is 12.8. The van der Waals surface area contributed by atoms with Gasteiger partial charge in [-0.1, -0.05) is 6.92 Å². The lowest BCUT2D eigenvalue weighted by molar-refractivity contribution is 0.501. The van der Waals surface area contributed by atoms with Crippen molar-refractivity contribution >= 4 is 28.4 Å². The van der Waals surface area contributed by atoms with Gasteiger partial charge in [-0.2, -0.15) is 10.3 Å². The number of nitrogens with one attached hydrogen (secondary N) is 2. The molecule has 0 saturated carbocycles. The van der Waals surface area contributed by atoms with Crippen molar-refractivity contribution < 1.29 is 0 Å². The van der Waals surface area contributed by atoms with Gasteiger partial charge in [0.2, 0.25) is 11.1 Å². The Morgan fingerprint density at radius 3 is 2.95 bits per heavy atom. The van der Waals surface area contributed by atoms with Gasteiger partial charge < -0.3 is 16.8 Å². The number of aromatic nitrogens is 1. The number of aliphatic imine (C=N–C) groups is 2. The second-order valence-electron chi connectivity index (χ2n) is 4.85. The molecule has 0 radical (unpaired) electrons. The van der Waals surface area contributed by atoms with E-state index < -0.39 is 0 Å². The van der Waals surface area contributed by atoms with Gasteiger partial charge in [0, 0.05) is 19.0 Å². The van der Waals surface area contributed by atoms with Crippen LogP contribution in [0.15, 0.2) is 15.4 Å². The van der Waals surface area contributed by atoms with Crippen LogP contribution in [0.3, 0.4) is 0 Å². The van der Waals surface area contributed by atoms with Gasteiger partial charge in [0.05, 0.1) is 5.69 Å². The van der Waals surface area contributed by atoms with E-state index in [9.17, 15) is 0 Å². The highest BCUT2D eigenvalue weighted by molar-refractivity contribution is 7.13. The smallest absolute Gasteiger partial charge is 0.212 e. The number of hydrogen-bond acceptors (Lipinski definition) is 5. The van der Waals surface area contributed by atoms with E-state index in [-0.39, 0.29) is 5.96 Å². The molecule has 1 atom stereocenters. The molecule has 1 rings (SSSR count). The normalized spacial score (nSPS) is 12.3.